The van der Waals surface area contributed by atoms with Gasteiger partial charge in [-0.3, -0.25) is 14.5 Å². The number of carboxylic acids is 1. The summed E-state index contributed by atoms with van der Waals surface area (Å²) in [6.07, 6.45) is 1.22. The highest BCUT2D eigenvalue weighted by Gasteiger charge is 2.50. The number of hydrogen-bond donors (Lipinski definition) is 4. The molecule has 30 heavy (non-hydrogen) atoms. The fourth-order valence-electron chi connectivity index (χ4n) is 3.13. The molecule has 0 bridgehead atoms. The molecule has 2 atom stereocenters. The second-order valence-corrected chi connectivity index (χ2v) is 7.76. The number of H-pyrrole nitrogens is 1. The van der Waals surface area contributed by atoms with Gasteiger partial charge in [-0.15, -0.1) is 16.4 Å². The molecule has 2 amide bonds. The first-order valence-corrected chi connectivity index (χ1v) is 9.79. The SMILES string of the molecule is C[C@H]1[C@H](NC(=O)/C(=N\OC2(C(=O)O)CCC2)c2csc(N)n2)C(=O)N1c1nn[nH]n1. The Morgan fingerprint density at radius 3 is 2.77 bits per heavy atom. The second kappa shape index (κ2) is 7.33. The molecule has 158 valence electrons. The van der Waals surface area contributed by atoms with Crippen LogP contribution in [0, 0.1) is 0 Å². The number of nitrogen functional groups attached to an aromatic ring is 1. The largest absolute Gasteiger partial charge is 0.478 e. The van der Waals surface area contributed by atoms with Gasteiger partial charge < -0.3 is 21.0 Å². The predicted molar refractivity (Wildman–Crippen MR) is 101 cm³/mol. The topological polar surface area (TPSA) is 202 Å². The van der Waals surface area contributed by atoms with Crippen molar-refractivity contribution >= 4 is 45.9 Å². The molecule has 1 aliphatic heterocycles. The van der Waals surface area contributed by atoms with Gasteiger partial charge in [0.2, 0.25) is 5.60 Å². The highest BCUT2D eigenvalue weighted by Crippen LogP contribution is 2.36. The van der Waals surface area contributed by atoms with Gasteiger partial charge in [0, 0.05) is 18.2 Å². The minimum atomic E-state index is -1.47. The fourth-order valence-corrected chi connectivity index (χ4v) is 3.68. The number of carboxylic acid groups (broad SMARTS) is 1. The lowest BCUT2D eigenvalue weighted by atomic mass is 9.80. The molecule has 2 aliphatic rings. The first kappa shape index (κ1) is 19.7. The molecule has 0 aromatic carbocycles. The maximum Gasteiger partial charge on any atom is 0.350 e. The van der Waals surface area contributed by atoms with Crippen molar-refractivity contribution in [1.29, 1.82) is 0 Å². The summed E-state index contributed by atoms with van der Waals surface area (Å²) in [5.74, 6) is -2.25. The number of aliphatic carboxylic acids is 1. The van der Waals surface area contributed by atoms with E-state index < -0.39 is 35.5 Å². The highest BCUT2D eigenvalue weighted by atomic mass is 32.1. The number of thiazole rings is 1. The zero-order chi connectivity index (χ0) is 21.5. The highest BCUT2D eigenvalue weighted by molar-refractivity contribution is 7.13. The van der Waals surface area contributed by atoms with Crippen LogP contribution in [0.5, 0.6) is 0 Å². The van der Waals surface area contributed by atoms with Crippen LogP contribution < -0.4 is 16.0 Å². The number of aromatic nitrogens is 5. The summed E-state index contributed by atoms with van der Waals surface area (Å²) in [5.41, 5.74) is 4.02. The maximum absolute atomic E-state index is 12.9. The van der Waals surface area contributed by atoms with E-state index in [0.717, 1.165) is 11.3 Å². The molecule has 0 radical (unpaired) electrons. The van der Waals surface area contributed by atoms with E-state index in [4.69, 9.17) is 10.6 Å². The van der Waals surface area contributed by atoms with Crippen LogP contribution in [0.25, 0.3) is 0 Å². The van der Waals surface area contributed by atoms with Crippen molar-refractivity contribution in [2.45, 2.75) is 43.9 Å². The number of nitrogens with zero attached hydrogens (tertiary/aromatic N) is 6. The van der Waals surface area contributed by atoms with Gasteiger partial charge in [0.15, 0.2) is 10.8 Å². The van der Waals surface area contributed by atoms with Gasteiger partial charge in [-0.2, -0.15) is 5.21 Å². The normalized spacial score (nSPS) is 22.8. The van der Waals surface area contributed by atoms with E-state index in [1.807, 2.05) is 0 Å². The Labute approximate surface area is 172 Å². The van der Waals surface area contributed by atoms with E-state index in [-0.39, 0.29) is 35.3 Å². The van der Waals surface area contributed by atoms with E-state index in [1.165, 1.54) is 10.3 Å². The molecular weight excluding hydrogens is 418 g/mol. The lowest BCUT2D eigenvalue weighted by molar-refractivity contribution is -0.178. The van der Waals surface area contributed by atoms with Crippen molar-refractivity contribution in [2.75, 3.05) is 10.6 Å². The molecule has 1 aliphatic carbocycles. The molecule has 14 nitrogen and oxygen atoms in total. The quantitative estimate of drug-likeness (QED) is 0.234. The van der Waals surface area contributed by atoms with Gasteiger partial charge in [-0.05, 0) is 18.6 Å². The third kappa shape index (κ3) is 3.22. The van der Waals surface area contributed by atoms with Crippen LogP contribution in [-0.4, -0.2) is 71.9 Å². The number of carbonyl (C=O) groups excluding carboxylic acids is 2. The van der Waals surface area contributed by atoms with Gasteiger partial charge in [-0.25, -0.2) is 9.78 Å². The summed E-state index contributed by atoms with van der Waals surface area (Å²) in [4.78, 5) is 47.4. The van der Waals surface area contributed by atoms with Crippen molar-refractivity contribution in [1.82, 2.24) is 30.9 Å². The zero-order valence-corrected chi connectivity index (χ0v) is 16.4. The van der Waals surface area contributed by atoms with E-state index in [9.17, 15) is 19.5 Å². The summed E-state index contributed by atoms with van der Waals surface area (Å²) in [7, 11) is 0. The Hall–Kier alpha value is -3.62. The average molecular weight is 435 g/mol. The number of rotatable bonds is 7. The number of anilines is 2. The number of tetrazole rings is 1. The van der Waals surface area contributed by atoms with Crippen molar-refractivity contribution in [3.05, 3.63) is 11.1 Å². The summed E-state index contributed by atoms with van der Waals surface area (Å²) >= 11 is 1.08. The molecule has 0 unspecified atom stereocenters. The molecular formula is C15H17N9O5S. The third-order valence-electron chi connectivity index (χ3n) is 5.07. The Bertz CT molecular complexity index is 1020. The van der Waals surface area contributed by atoms with Crippen molar-refractivity contribution in [3.8, 4) is 0 Å². The number of nitrogens with two attached hydrogens (primary N) is 1. The predicted octanol–water partition coefficient (Wildman–Crippen LogP) is -1.11. The van der Waals surface area contributed by atoms with Crippen molar-refractivity contribution in [3.63, 3.8) is 0 Å². The van der Waals surface area contributed by atoms with E-state index in [1.54, 1.807) is 6.92 Å². The van der Waals surface area contributed by atoms with Crippen LogP contribution in [0.4, 0.5) is 11.1 Å². The standard InChI is InChI=1S/C15H17N9O5S/c1-6-8(11(26)24(6)14-19-22-23-20-14)18-10(25)9(7-5-30-13(16)17-7)21-29-15(12(27)28)3-2-4-15/h5-6,8H,2-4H2,1H3,(H2,16,17)(H,18,25)(H,27,28)(H,19,20,22,23)/b21-9-/t6-,8-/m0/s1. The molecule has 15 heteroatoms. The van der Waals surface area contributed by atoms with Gasteiger partial charge >= 0.3 is 5.97 Å². The number of aromatic amines is 1. The lowest BCUT2D eigenvalue weighted by Crippen LogP contribution is -2.70. The Morgan fingerprint density at radius 1 is 1.50 bits per heavy atom. The average Bonchev–Trinajstić information content (AvgIpc) is 3.33. The van der Waals surface area contributed by atoms with Gasteiger partial charge in [0.1, 0.15) is 11.7 Å². The molecule has 3 heterocycles. The van der Waals surface area contributed by atoms with E-state index in [2.05, 4.69) is 36.1 Å². The fraction of sp³-hybridized carbons (Fsp3) is 0.467. The maximum atomic E-state index is 12.9. The van der Waals surface area contributed by atoms with E-state index >= 15 is 0 Å². The number of carbonyl (C=O) groups is 3. The molecule has 2 aromatic heterocycles. The summed E-state index contributed by atoms with van der Waals surface area (Å²) < 4.78 is 0. The lowest BCUT2D eigenvalue weighted by Gasteiger charge is -2.42. The minimum absolute atomic E-state index is 0.0934. The molecule has 2 fully saturated rings. The summed E-state index contributed by atoms with van der Waals surface area (Å²) in [5, 5.41) is 30.6. The number of β-lactam (4-membered cyclic amide) rings is 1. The van der Waals surface area contributed by atoms with Gasteiger partial charge in [-0.1, -0.05) is 10.3 Å². The van der Waals surface area contributed by atoms with E-state index in [0.29, 0.717) is 6.42 Å². The van der Waals surface area contributed by atoms with Crippen LogP contribution in [0.2, 0.25) is 0 Å². The molecule has 1 saturated heterocycles. The van der Waals surface area contributed by atoms with Crippen LogP contribution in [0.3, 0.4) is 0 Å². The van der Waals surface area contributed by atoms with Crippen molar-refractivity contribution in [2.24, 2.45) is 5.16 Å². The molecule has 4 rings (SSSR count). The summed E-state index contributed by atoms with van der Waals surface area (Å²) in [6.45, 7) is 1.70. The molecule has 1 saturated carbocycles. The molecule has 2 aromatic rings. The van der Waals surface area contributed by atoms with Crippen LogP contribution >= 0.6 is 11.3 Å². The third-order valence-corrected chi connectivity index (χ3v) is 5.75. The Kier molecular flexibility index (Phi) is 4.81. The summed E-state index contributed by atoms with van der Waals surface area (Å²) in [6, 6.07) is -1.31. The zero-order valence-electron chi connectivity index (χ0n) is 15.6. The van der Waals surface area contributed by atoms with Gasteiger partial charge in [0.25, 0.3) is 17.8 Å². The monoisotopic (exact) mass is 435 g/mol. The minimum Gasteiger partial charge on any atom is -0.478 e. The number of nitrogens with one attached hydrogen (secondary N) is 2. The molecule has 0 spiro atoms. The second-order valence-electron chi connectivity index (χ2n) is 6.87. The Balaban J connectivity index is 1.53. The number of amides is 2. The smallest absolute Gasteiger partial charge is 0.350 e. The first-order chi connectivity index (χ1) is 14.3. The Morgan fingerprint density at radius 2 is 2.27 bits per heavy atom. The van der Waals surface area contributed by atoms with Crippen LogP contribution in [0.15, 0.2) is 10.5 Å². The van der Waals surface area contributed by atoms with Crippen LogP contribution in [-0.2, 0) is 19.2 Å². The van der Waals surface area contributed by atoms with Gasteiger partial charge in [0.05, 0.1) is 6.04 Å². The van der Waals surface area contributed by atoms with Crippen LogP contribution in [0.1, 0.15) is 31.9 Å². The van der Waals surface area contributed by atoms with Crippen molar-refractivity contribution < 1.29 is 24.3 Å². The first-order valence-electron chi connectivity index (χ1n) is 8.91. The number of hydrogen-bond acceptors (Lipinski definition) is 11. The number of oxime groups is 1. The molecule has 5 N–H and O–H groups in total.